The summed E-state index contributed by atoms with van der Waals surface area (Å²) < 4.78 is 14.9. The van der Waals surface area contributed by atoms with Gasteiger partial charge in [0.25, 0.3) is 0 Å². The predicted molar refractivity (Wildman–Crippen MR) is 216 cm³/mol. The third-order valence-electron chi connectivity index (χ3n) is 11.8. The van der Waals surface area contributed by atoms with Crippen molar-refractivity contribution in [2.45, 2.75) is 77.7 Å². The van der Waals surface area contributed by atoms with Crippen LogP contribution in [-0.4, -0.2) is 48.6 Å². The van der Waals surface area contributed by atoms with Gasteiger partial charge in [0.15, 0.2) is 0 Å². The summed E-state index contributed by atoms with van der Waals surface area (Å²) in [5, 5.41) is 4.77. The molecule has 2 aliphatic rings. The van der Waals surface area contributed by atoms with Crippen LogP contribution in [0.1, 0.15) is 66.8 Å². The molecule has 0 aliphatic carbocycles. The summed E-state index contributed by atoms with van der Waals surface area (Å²) in [7, 11) is 0. The fraction of sp³-hybridized carbons (Fsp3) is 0.261. The lowest BCUT2D eigenvalue weighted by Crippen LogP contribution is -2.41. The largest absolute Gasteiger partial charge is 0.468 e. The lowest BCUT2D eigenvalue weighted by molar-refractivity contribution is 0.0616. The van der Waals surface area contributed by atoms with Crippen molar-refractivity contribution in [1.29, 1.82) is 0 Å². The summed E-state index contributed by atoms with van der Waals surface area (Å²) in [5.74, 6) is 1.18. The van der Waals surface area contributed by atoms with Gasteiger partial charge in [0.05, 0.1) is 22.1 Å². The predicted octanol–water partition coefficient (Wildman–Crippen LogP) is 10.7. The summed E-state index contributed by atoms with van der Waals surface area (Å²) in [5.41, 5.74) is 7.58. The molecule has 0 spiro atoms. The number of pyridine rings is 2. The van der Waals surface area contributed by atoms with E-state index in [-0.39, 0.29) is 11.1 Å². The van der Waals surface area contributed by atoms with Crippen LogP contribution in [0.25, 0.3) is 60.5 Å². The van der Waals surface area contributed by atoms with E-state index in [1.54, 1.807) is 0 Å². The van der Waals surface area contributed by atoms with E-state index < -0.39 is 11.2 Å². The van der Waals surface area contributed by atoms with E-state index in [2.05, 4.69) is 151 Å². The van der Waals surface area contributed by atoms with Gasteiger partial charge in [-0.15, -0.1) is 0 Å². The highest BCUT2D eigenvalue weighted by Gasteiger charge is 2.47. The average molecular weight is 698 g/mol. The first kappa shape index (κ1) is 33.0. The SMILES string of the molecule is CC1(C)N=C(c2ccc(-c3ccc4c5c6ccccc6c(-c6ccc(C7=NC(C)(C)C(C)(C)O7)nc6)cc5n(-c5ccccc5)c4c3)cn2)OC1(C)C. The zero-order valence-electron chi connectivity index (χ0n) is 31.5. The fourth-order valence-electron chi connectivity index (χ4n) is 7.30. The van der Waals surface area contributed by atoms with Crippen molar-refractivity contribution in [2.24, 2.45) is 9.98 Å². The van der Waals surface area contributed by atoms with Gasteiger partial charge in [-0.25, -0.2) is 9.98 Å². The molecular weight excluding hydrogens is 655 g/mol. The second-order valence-corrected chi connectivity index (χ2v) is 16.3. The van der Waals surface area contributed by atoms with E-state index in [0.29, 0.717) is 11.8 Å². The Morgan fingerprint density at radius 3 is 1.58 bits per heavy atom. The van der Waals surface area contributed by atoms with Crippen LogP contribution < -0.4 is 0 Å². The topological polar surface area (TPSA) is 73.9 Å². The first-order chi connectivity index (χ1) is 25.2. The number of benzene rings is 4. The Morgan fingerprint density at radius 2 is 1.04 bits per heavy atom. The molecule has 0 amide bonds. The molecule has 3 aromatic heterocycles. The summed E-state index contributed by atoms with van der Waals surface area (Å²) in [6.45, 7) is 16.7. The van der Waals surface area contributed by atoms with E-state index in [0.717, 1.165) is 50.4 Å². The molecular formula is C46H43N5O2. The van der Waals surface area contributed by atoms with Crippen LogP contribution in [0.15, 0.2) is 126 Å². The van der Waals surface area contributed by atoms with Gasteiger partial charge in [0, 0.05) is 40.0 Å². The Hall–Kier alpha value is -5.82. The van der Waals surface area contributed by atoms with Crippen LogP contribution >= 0.6 is 0 Å². The minimum absolute atomic E-state index is 0.336. The molecule has 53 heavy (non-hydrogen) atoms. The molecule has 2 aliphatic heterocycles. The van der Waals surface area contributed by atoms with Crippen LogP contribution in [0.3, 0.4) is 0 Å². The molecule has 0 atom stereocenters. The standard InChI is InChI=1S/C46H43N5O2/c1-43(2)45(5,6)52-41(49-43)36-22-19-29(26-47-36)28-18-21-34-38(24-28)51(31-14-10-9-11-15-31)39-25-35(32-16-12-13-17-33(32)40(34)39)30-20-23-37(48-27-30)42-50-44(3,4)46(7,8)53-42/h9-27H,1-8H3. The van der Waals surface area contributed by atoms with Gasteiger partial charge in [-0.3, -0.25) is 9.97 Å². The minimum atomic E-state index is -0.413. The molecule has 0 N–H and O–H groups in total. The Kier molecular flexibility index (Phi) is 7.07. The van der Waals surface area contributed by atoms with E-state index in [4.69, 9.17) is 29.4 Å². The molecule has 264 valence electrons. The molecule has 7 nitrogen and oxygen atoms in total. The Balaban J connectivity index is 1.19. The maximum Gasteiger partial charge on any atom is 0.236 e. The number of fused-ring (bicyclic) bond motifs is 5. The number of aliphatic imine (C=N–C) groups is 2. The van der Waals surface area contributed by atoms with Crippen molar-refractivity contribution < 1.29 is 9.47 Å². The molecule has 7 aromatic rings. The van der Waals surface area contributed by atoms with Gasteiger partial charge in [-0.05, 0) is 114 Å². The molecule has 0 fully saturated rings. The van der Waals surface area contributed by atoms with Gasteiger partial charge in [0.1, 0.15) is 22.6 Å². The summed E-state index contributed by atoms with van der Waals surface area (Å²) in [6.07, 6.45) is 3.87. The number of hydrogen-bond acceptors (Lipinski definition) is 6. The highest BCUT2D eigenvalue weighted by molar-refractivity contribution is 6.24. The van der Waals surface area contributed by atoms with Crippen LogP contribution in [0.4, 0.5) is 0 Å². The number of nitrogens with zero attached hydrogens (tertiary/aromatic N) is 5. The van der Waals surface area contributed by atoms with Gasteiger partial charge < -0.3 is 14.0 Å². The summed E-state index contributed by atoms with van der Waals surface area (Å²) in [6, 6.07) is 36.6. The van der Waals surface area contributed by atoms with Gasteiger partial charge in [-0.1, -0.05) is 66.7 Å². The van der Waals surface area contributed by atoms with Crippen LogP contribution in [0.2, 0.25) is 0 Å². The number of ether oxygens (including phenoxy) is 2. The Morgan fingerprint density at radius 1 is 0.491 bits per heavy atom. The third-order valence-corrected chi connectivity index (χ3v) is 11.8. The lowest BCUT2D eigenvalue weighted by atomic mass is 9.87. The molecule has 7 heteroatoms. The number of aromatic nitrogens is 3. The van der Waals surface area contributed by atoms with Crippen molar-refractivity contribution in [3.05, 3.63) is 127 Å². The third kappa shape index (κ3) is 5.16. The van der Waals surface area contributed by atoms with Crippen molar-refractivity contribution in [2.75, 3.05) is 0 Å². The zero-order valence-corrected chi connectivity index (χ0v) is 31.5. The fourth-order valence-corrected chi connectivity index (χ4v) is 7.30. The van der Waals surface area contributed by atoms with Crippen molar-refractivity contribution in [1.82, 2.24) is 14.5 Å². The van der Waals surface area contributed by atoms with E-state index in [1.165, 1.54) is 21.5 Å². The number of para-hydroxylation sites is 1. The summed E-state index contributed by atoms with van der Waals surface area (Å²) >= 11 is 0. The second-order valence-electron chi connectivity index (χ2n) is 16.3. The van der Waals surface area contributed by atoms with E-state index >= 15 is 0 Å². The first-order valence-corrected chi connectivity index (χ1v) is 18.3. The first-order valence-electron chi connectivity index (χ1n) is 18.3. The minimum Gasteiger partial charge on any atom is -0.468 e. The highest BCUT2D eigenvalue weighted by atomic mass is 16.5. The van der Waals surface area contributed by atoms with Crippen LogP contribution in [0.5, 0.6) is 0 Å². The maximum atomic E-state index is 6.28. The lowest BCUT2D eigenvalue weighted by Gasteiger charge is -2.30. The maximum absolute atomic E-state index is 6.28. The smallest absolute Gasteiger partial charge is 0.236 e. The number of hydrogen-bond donors (Lipinski definition) is 0. The Labute approximate surface area is 310 Å². The van der Waals surface area contributed by atoms with Gasteiger partial charge in [0.2, 0.25) is 11.8 Å². The molecule has 0 saturated carbocycles. The molecule has 4 aromatic carbocycles. The molecule has 9 rings (SSSR count). The zero-order chi connectivity index (χ0) is 36.9. The van der Waals surface area contributed by atoms with Crippen LogP contribution in [0, 0.1) is 0 Å². The van der Waals surface area contributed by atoms with Gasteiger partial charge >= 0.3 is 0 Å². The second kappa shape index (κ2) is 11.3. The van der Waals surface area contributed by atoms with E-state index in [1.807, 2.05) is 24.5 Å². The molecule has 0 saturated heterocycles. The van der Waals surface area contributed by atoms with Crippen molar-refractivity contribution in [3.63, 3.8) is 0 Å². The quantitative estimate of drug-likeness (QED) is 0.179. The summed E-state index contributed by atoms with van der Waals surface area (Å²) in [4.78, 5) is 19.4. The number of rotatable bonds is 5. The molecule has 0 unspecified atom stereocenters. The Bertz CT molecular complexity index is 2650. The van der Waals surface area contributed by atoms with Crippen LogP contribution in [-0.2, 0) is 9.47 Å². The molecule has 5 heterocycles. The highest BCUT2D eigenvalue weighted by Crippen LogP contribution is 2.43. The average Bonchev–Trinajstić information content (AvgIpc) is 3.68. The molecule has 0 radical (unpaired) electrons. The monoisotopic (exact) mass is 697 g/mol. The van der Waals surface area contributed by atoms with Gasteiger partial charge in [-0.2, -0.15) is 0 Å². The van der Waals surface area contributed by atoms with E-state index in [9.17, 15) is 0 Å². The normalized spacial score (nSPS) is 18.2. The molecule has 0 bridgehead atoms. The van der Waals surface area contributed by atoms with Crippen molar-refractivity contribution in [3.8, 4) is 27.9 Å². The van der Waals surface area contributed by atoms with Crippen molar-refractivity contribution >= 4 is 44.4 Å².